The molecule has 2 aliphatic carbocycles. The molecule has 3 heteroatoms. The Balaban J connectivity index is 1.01. The molecule has 0 unspecified atom stereocenters. The monoisotopic (exact) mass is 798 g/mol. The van der Waals surface area contributed by atoms with Crippen molar-refractivity contribution >= 4 is 31.5 Å². The molecule has 0 amide bonds. The normalized spacial score (nSPS) is 14.2. The number of hydrogen-bond donors (Lipinski definition) is 0. The Kier molecular flexibility index (Phi) is 7.83. The van der Waals surface area contributed by atoms with Gasteiger partial charge >= 0.3 is 0 Å². The molecule has 2 nitrogen and oxygen atoms in total. The van der Waals surface area contributed by atoms with Crippen molar-refractivity contribution in [3.63, 3.8) is 0 Å². The van der Waals surface area contributed by atoms with Crippen molar-refractivity contribution < 1.29 is 0 Å². The van der Waals surface area contributed by atoms with Gasteiger partial charge in [-0.25, -0.2) is 9.97 Å². The third-order valence-electron chi connectivity index (χ3n) is 13.5. The molecular weight excluding hydrogens is 757 g/mol. The highest BCUT2D eigenvalue weighted by Crippen LogP contribution is 2.56. The summed E-state index contributed by atoms with van der Waals surface area (Å²) in [5.41, 5.74) is 21.2. The highest BCUT2D eigenvalue weighted by Gasteiger charge is 2.41. The smallest absolute Gasteiger partial charge is 0.0987 e. The van der Waals surface area contributed by atoms with Gasteiger partial charge < -0.3 is 0 Å². The van der Waals surface area contributed by atoms with E-state index in [1.807, 2.05) is 17.4 Å². The Labute approximate surface area is 360 Å². The average Bonchev–Trinajstić information content (AvgIpc) is 3.87. The van der Waals surface area contributed by atoms with Gasteiger partial charge in [0, 0.05) is 53.3 Å². The van der Waals surface area contributed by atoms with Gasteiger partial charge in [-0.1, -0.05) is 179 Å². The minimum absolute atomic E-state index is 0.0458. The van der Waals surface area contributed by atoms with Crippen molar-refractivity contribution in [2.45, 2.75) is 38.5 Å². The van der Waals surface area contributed by atoms with Crippen LogP contribution in [0.4, 0.5) is 0 Å². The molecule has 0 radical (unpaired) electrons. The van der Waals surface area contributed by atoms with Crippen LogP contribution in [0.25, 0.3) is 98.6 Å². The minimum atomic E-state index is -0.0923. The van der Waals surface area contributed by atoms with Crippen molar-refractivity contribution in [3.05, 3.63) is 204 Å². The van der Waals surface area contributed by atoms with E-state index in [-0.39, 0.29) is 10.8 Å². The van der Waals surface area contributed by atoms with Crippen LogP contribution in [-0.2, 0) is 10.8 Å². The standard InChI is InChI=1S/C58H42N2S/c1-57(2)47-26-15-14-23-40(47)44-33-50-45(34-49(44)57)43-31-38(27-29-48(43)58(50,3)4)39-28-30-51-46(32-39)41-24-16-25-42(56(41)61-51)55-54(37-21-12-7-13-22-37)59-52(35-17-8-5-9-18-35)53(60-55)36-19-10-6-11-20-36/h5-34H,1-4H3. The molecular formula is C58H42N2S. The van der Waals surface area contributed by atoms with E-state index in [0.29, 0.717) is 0 Å². The predicted molar refractivity (Wildman–Crippen MR) is 257 cm³/mol. The molecule has 0 bridgehead atoms. The lowest BCUT2D eigenvalue weighted by molar-refractivity contribution is 0.652. The summed E-state index contributed by atoms with van der Waals surface area (Å²) in [7, 11) is 0. The fraction of sp³-hybridized carbons (Fsp3) is 0.103. The quantitative estimate of drug-likeness (QED) is 0.173. The van der Waals surface area contributed by atoms with Crippen LogP contribution >= 0.6 is 11.3 Å². The van der Waals surface area contributed by atoms with Crippen molar-refractivity contribution in [3.8, 4) is 78.4 Å². The maximum Gasteiger partial charge on any atom is 0.0987 e. The molecule has 2 aromatic heterocycles. The van der Waals surface area contributed by atoms with Crippen LogP contribution in [0.5, 0.6) is 0 Å². The number of hydrogen-bond acceptors (Lipinski definition) is 3. The minimum Gasteiger partial charge on any atom is -0.243 e. The van der Waals surface area contributed by atoms with E-state index in [2.05, 4.69) is 204 Å². The largest absolute Gasteiger partial charge is 0.243 e. The predicted octanol–water partition coefficient (Wildman–Crippen LogP) is 15.8. The van der Waals surface area contributed by atoms with Gasteiger partial charge in [-0.15, -0.1) is 11.3 Å². The van der Waals surface area contributed by atoms with E-state index >= 15 is 0 Å². The second-order valence-corrected chi connectivity index (χ2v) is 18.8. The van der Waals surface area contributed by atoms with Crippen LogP contribution in [0.3, 0.4) is 0 Å². The summed E-state index contributed by atoms with van der Waals surface area (Å²) in [6, 6.07) is 66.3. The van der Waals surface area contributed by atoms with Gasteiger partial charge in [0.1, 0.15) is 0 Å². The van der Waals surface area contributed by atoms with Gasteiger partial charge in [0.2, 0.25) is 0 Å². The van der Waals surface area contributed by atoms with Crippen molar-refractivity contribution in [1.29, 1.82) is 0 Å². The topological polar surface area (TPSA) is 25.8 Å². The van der Waals surface area contributed by atoms with E-state index in [1.165, 1.54) is 75.8 Å². The van der Waals surface area contributed by atoms with E-state index in [9.17, 15) is 0 Å². The van der Waals surface area contributed by atoms with Crippen LogP contribution in [0.1, 0.15) is 49.9 Å². The summed E-state index contributed by atoms with van der Waals surface area (Å²) in [4.78, 5) is 11.1. The number of nitrogens with zero attached hydrogens (tertiary/aromatic N) is 2. The fourth-order valence-corrected chi connectivity index (χ4v) is 11.5. The zero-order chi connectivity index (χ0) is 41.0. The molecule has 0 saturated heterocycles. The lowest BCUT2D eigenvalue weighted by atomic mass is 9.79. The van der Waals surface area contributed by atoms with Gasteiger partial charge in [-0.2, -0.15) is 0 Å². The first-order chi connectivity index (χ1) is 29.8. The molecule has 61 heavy (non-hydrogen) atoms. The molecule has 0 aliphatic heterocycles. The molecule has 290 valence electrons. The summed E-state index contributed by atoms with van der Waals surface area (Å²) < 4.78 is 2.48. The summed E-state index contributed by atoms with van der Waals surface area (Å²) in [5.74, 6) is 0. The lowest BCUT2D eigenvalue weighted by Gasteiger charge is -2.24. The molecule has 0 saturated carbocycles. The Morgan fingerprint density at radius 3 is 1.44 bits per heavy atom. The van der Waals surface area contributed by atoms with Gasteiger partial charge in [-0.3, -0.25) is 0 Å². The molecule has 12 rings (SSSR count). The average molecular weight is 799 g/mol. The SMILES string of the molecule is CC1(C)c2ccccc2-c2cc3c(cc21)-c1cc(-c2ccc4sc5c(-c6nc(-c7ccccc7)c(-c7ccccc7)nc6-c6ccccc6)cccc5c4c2)ccc1C3(C)C. The first-order valence-electron chi connectivity index (χ1n) is 21.2. The van der Waals surface area contributed by atoms with Gasteiger partial charge in [0.05, 0.1) is 22.8 Å². The van der Waals surface area contributed by atoms with Crippen LogP contribution in [0, 0.1) is 0 Å². The Morgan fingerprint density at radius 1 is 0.328 bits per heavy atom. The molecule has 10 aromatic rings. The third-order valence-corrected chi connectivity index (χ3v) is 14.7. The molecule has 2 heterocycles. The van der Waals surface area contributed by atoms with E-state index in [0.717, 1.165) is 45.0 Å². The van der Waals surface area contributed by atoms with Crippen molar-refractivity contribution in [1.82, 2.24) is 9.97 Å². The molecule has 0 spiro atoms. The summed E-state index contributed by atoms with van der Waals surface area (Å²) in [5, 5.41) is 2.50. The van der Waals surface area contributed by atoms with Gasteiger partial charge in [0.15, 0.2) is 0 Å². The van der Waals surface area contributed by atoms with E-state index in [4.69, 9.17) is 9.97 Å². The summed E-state index contributed by atoms with van der Waals surface area (Å²) in [6.45, 7) is 9.54. The Hall–Kier alpha value is -6.94. The number of thiophene rings is 1. The van der Waals surface area contributed by atoms with Crippen LogP contribution in [0.2, 0.25) is 0 Å². The first kappa shape index (κ1) is 36.0. The second-order valence-electron chi connectivity index (χ2n) is 17.7. The van der Waals surface area contributed by atoms with Crippen molar-refractivity contribution in [2.75, 3.05) is 0 Å². The number of aromatic nitrogens is 2. The van der Waals surface area contributed by atoms with Crippen LogP contribution in [0.15, 0.2) is 182 Å². The molecule has 2 aliphatic rings. The number of fused-ring (bicyclic) bond motifs is 9. The lowest BCUT2D eigenvalue weighted by Crippen LogP contribution is -2.16. The molecule has 0 fully saturated rings. The highest BCUT2D eigenvalue weighted by molar-refractivity contribution is 7.26. The summed E-state index contributed by atoms with van der Waals surface area (Å²) in [6.07, 6.45) is 0. The molecule has 0 atom stereocenters. The fourth-order valence-electron chi connectivity index (χ4n) is 10.3. The number of rotatable bonds is 5. The molecule has 0 N–H and O–H groups in total. The van der Waals surface area contributed by atoms with E-state index < -0.39 is 0 Å². The Morgan fingerprint density at radius 2 is 0.803 bits per heavy atom. The van der Waals surface area contributed by atoms with Gasteiger partial charge in [0.25, 0.3) is 0 Å². The van der Waals surface area contributed by atoms with Gasteiger partial charge in [-0.05, 0) is 86.0 Å². The first-order valence-corrected chi connectivity index (χ1v) is 22.1. The maximum absolute atomic E-state index is 5.60. The Bertz CT molecular complexity index is 3390. The molecule has 8 aromatic carbocycles. The number of benzene rings is 8. The van der Waals surface area contributed by atoms with E-state index in [1.54, 1.807) is 0 Å². The van der Waals surface area contributed by atoms with Crippen LogP contribution in [-0.4, -0.2) is 9.97 Å². The summed E-state index contributed by atoms with van der Waals surface area (Å²) >= 11 is 1.84. The third kappa shape index (κ3) is 5.40. The highest BCUT2D eigenvalue weighted by atomic mass is 32.1. The second kappa shape index (κ2) is 13.3. The zero-order valence-electron chi connectivity index (χ0n) is 34.6. The maximum atomic E-state index is 5.60. The van der Waals surface area contributed by atoms with Crippen molar-refractivity contribution in [2.24, 2.45) is 0 Å². The zero-order valence-corrected chi connectivity index (χ0v) is 35.4. The van der Waals surface area contributed by atoms with Crippen LogP contribution < -0.4 is 0 Å².